The van der Waals surface area contributed by atoms with Crippen LogP contribution in [0.4, 0.5) is 0 Å². The van der Waals surface area contributed by atoms with E-state index in [9.17, 15) is 0 Å². The van der Waals surface area contributed by atoms with E-state index in [1.807, 2.05) is 0 Å². The van der Waals surface area contributed by atoms with Crippen LogP contribution < -0.4 is 0 Å². The fraction of sp³-hybridized carbons (Fsp3) is 0.250. The van der Waals surface area contributed by atoms with E-state index in [0.29, 0.717) is 0 Å². The maximum absolute atomic E-state index is 8.68. The van der Waals surface area contributed by atoms with E-state index in [2.05, 4.69) is 63.4 Å². The average Bonchev–Trinajstić information content (AvgIpc) is 1.98. The Morgan fingerprint density at radius 3 is 2.45 bits per heavy atom. The lowest BCUT2D eigenvalue weighted by Gasteiger charge is -2.00. The quantitative estimate of drug-likeness (QED) is 0.789. The highest BCUT2D eigenvalue weighted by atomic mass is 127. The van der Waals surface area contributed by atoms with E-state index in [1.165, 1.54) is 12.7 Å². The molecule has 0 spiro atoms. The number of aliphatic hydroxyl groups is 1. The van der Waals surface area contributed by atoms with Crippen molar-refractivity contribution in [2.75, 3.05) is 6.61 Å². The van der Waals surface area contributed by atoms with Gasteiger partial charge in [0, 0.05) is 13.7 Å². The summed E-state index contributed by atoms with van der Waals surface area (Å²) in [5, 5.41) is 8.68. The van der Waals surface area contributed by atoms with Crippen LogP contribution in [-0.4, -0.2) is 11.7 Å². The van der Waals surface area contributed by atoms with Crippen LogP contribution in [0.15, 0.2) is 18.2 Å². The van der Waals surface area contributed by atoms with Crippen molar-refractivity contribution in [3.8, 4) is 0 Å². The van der Waals surface area contributed by atoms with Gasteiger partial charge in [0.25, 0.3) is 0 Å². The first-order chi connectivity index (χ1) is 5.24. The van der Waals surface area contributed by atoms with Gasteiger partial charge in [0.2, 0.25) is 0 Å². The lowest BCUT2D eigenvalue weighted by Crippen LogP contribution is -1.91. The molecule has 11 heavy (non-hydrogen) atoms. The minimum Gasteiger partial charge on any atom is -0.396 e. The summed E-state index contributed by atoms with van der Waals surface area (Å²) < 4.78 is 2.53. The number of halogens is 2. The highest BCUT2D eigenvalue weighted by Crippen LogP contribution is 2.16. The molecule has 0 amide bonds. The molecule has 3 heteroatoms. The third kappa shape index (κ3) is 2.87. The van der Waals surface area contributed by atoms with Crippen LogP contribution in [0.5, 0.6) is 0 Å². The van der Waals surface area contributed by atoms with Gasteiger partial charge in [0.15, 0.2) is 0 Å². The number of rotatable bonds is 2. The highest BCUT2D eigenvalue weighted by Gasteiger charge is 1.96. The number of aliphatic hydroxyl groups excluding tert-OH is 1. The third-order valence-electron chi connectivity index (χ3n) is 1.38. The van der Waals surface area contributed by atoms with E-state index in [4.69, 9.17) is 5.11 Å². The largest absolute Gasteiger partial charge is 0.396 e. The molecule has 0 aliphatic rings. The van der Waals surface area contributed by atoms with Crippen molar-refractivity contribution in [1.29, 1.82) is 0 Å². The van der Waals surface area contributed by atoms with Gasteiger partial charge in [0.1, 0.15) is 0 Å². The first-order valence-electron chi connectivity index (χ1n) is 3.29. The molecule has 0 aliphatic carbocycles. The predicted molar refractivity (Wildman–Crippen MR) is 62.7 cm³/mol. The molecule has 0 fully saturated rings. The molecule has 60 valence electrons. The zero-order chi connectivity index (χ0) is 8.27. The summed E-state index contributed by atoms with van der Waals surface area (Å²) in [7, 11) is 0. The van der Waals surface area contributed by atoms with Crippen molar-refractivity contribution in [3.05, 3.63) is 30.9 Å². The van der Waals surface area contributed by atoms with Gasteiger partial charge < -0.3 is 5.11 Å². The van der Waals surface area contributed by atoms with Gasteiger partial charge in [-0.15, -0.1) is 0 Å². The van der Waals surface area contributed by atoms with Gasteiger partial charge >= 0.3 is 0 Å². The van der Waals surface area contributed by atoms with E-state index in [1.54, 1.807) is 0 Å². The van der Waals surface area contributed by atoms with Gasteiger partial charge in [-0.3, -0.25) is 0 Å². The van der Waals surface area contributed by atoms with Crippen LogP contribution in [0.25, 0.3) is 0 Å². The van der Waals surface area contributed by atoms with Crippen molar-refractivity contribution in [2.45, 2.75) is 6.42 Å². The van der Waals surface area contributed by atoms with Crippen LogP contribution >= 0.6 is 45.2 Å². The second-order valence-corrected chi connectivity index (χ2v) is 4.55. The fourth-order valence-electron chi connectivity index (χ4n) is 0.824. The number of hydrogen-bond donors (Lipinski definition) is 1. The average molecular weight is 374 g/mol. The van der Waals surface area contributed by atoms with Crippen LogP contribution in [0.2, 0.25) is 0 Å². The molecule has 0 aromatic heterocycles. The van der Waals surface area contributed by atoms with E-state index in [0.717, 1.165) is 6.42 Å². The summed E-state index contributed by atoms with van der Waals surface area (Å²) in [6.45, 7) is 0.233. The minimum absolute atomic E-state index is 0.233. The lowest BCUT2D eigenvalue weighted by molar-refractivity contribution is 0.299. The summed E-state index contributed by atoms with van der Waals surface area (Å²) in [5.74, 6) is 0. The van der Waals surface area contributed by atoms with Crippen LogP contribution in [0, 0.1) is 7.14 Å². The van der Waals surface area contributed by atoms with Crippen molar-refractivity contribution >= 4 is 45.2 Å². The molecule has 0 atom stereocenters. The molecule has 0 saturated carbocycles. The molecule has 1 aromatic rings. The van der Waals surface area contributed by atoms with Crippen molar-refractivity contribution in [3.63, 3.8) is 0 Å². The van der Waals surface area contributed by atoms with Gasteiger partial charge in [-0.05, 0) is 69.3 Å². The van der Waals surface area contributed by atoms with Gasteiger partial charge in [-0.25, -0.2) is 0 Å². The third-order valence-corrected chi connectivity index (χ3v) is 4.25. The zero-order valence-corrected chi connectivity index (χ0v) is 10.2. The lowest BCUT2D eigenvalue weighted by atomic mass is 10.2. The Morgan fingerprint density at radius 2 is 1.91 bits per heavy atom. The highest BCUT2D eigenvalue weighted by molar-refractivity contribution is 14.1. The fourth-order valence-corrected chi connectivity index (χ4v) is 1.74. The Hall–Kier alpha value is 0.640. The Morgan fingerprint density at radius 1 is 1.18 bits per heavy atom. The molecule has 1 aromatic carbocycles. The normalized spacial score (nSPS) is 10.1. The monoisotopic (exact) mass is 374 g/mol. The molecule has 0 saturated heterocycles. The van der Waals surface area contributed by atoms with Crippen LogP contribution in [0.1, 0.15) is 5.56 Å². The molecule has 0 heterocycles. The molecule has 0 radical (unpaired) electrons. The molecule has 0 aliphatic heterocycles. The molecular weight excluding hydrogens is 366 g/mol. The molecule has 0 bridgehead atoms. The second kappa shape index (κ2) is 4.61. The standard InChI is InChI=1S/C8H8I2O/c9-7-2-1-6(3-4-11)5-8(7)10/h1-2,5,11H,3-4H2. The minimum atomic E-state index is 0.233. The van der Waals surface area contributed by atoms with E-state index >= 15 is 0 Å². The summed E-state index contributed by atoms with van der Waals surface area (Å²) in [6, 6.07) is 6.24. The summed E-state index contributed by atoms with van der Waals surface area (Å²) in [4.78, 5) is 0. The summed E-state index contributed by atoms with van der Waals surface area (Å²) >= 11 is 4.60. The summed E-state index contributed by atoms with van der Waals surface area (Å²) in [6.07, 6.45) is 0.757. The smallest absolute Gasteiger partial charge is 0.0471 e. The predicted octanol–water partition coefficient (Wildman–Crippen LogP) is 2.43. The molecule has 1 N–H and O–H groups in total. The van der Waals surface area contributed by atoms with Crippen LogP contribution in [-0.2, 0) is 6.42 Å². The van der Waals surface area contributed by atoms with Crippen molar-refractivity contribution in [2.24, 2.45) is 0 Å². The molecule has 0 unspecified atom stereocenters. The topological polar surface area (TPSA) is 20.2 Å². The molecule has 1 rings (SSSR count). The van der Waals surface area contributed by atoms with Crippen LogP contribution in [0.3, 0.4) is 0 Å². The first kappa shape index (κ1) is 9.73. The first-order valence-corrected chi connectivity index (χ1v) is 5.44. The Balaban J connectivity index is 2.86. The second-order valence-electron chi connectivity index (χ2n) is 2.22. The maximum Gasteiger partial charge on any atom is 0.0471 e. The maximum atomic E-state index is 8.68. The van der Waals surface area contributed by atoms with Crippen molar-refractivity contribution < 1.29 is 5.11 Å². The number of hydrogen-bond acceptors (Lipinski definition) is 1. The zero-order valence-electron chi connectivity index (χ0n) is 5.85. The van der Waals surface area contributed by atoms with Gasteiger partial charge in [-0.1, -0.05) is 6.07 Å². The Bertz CT molecular complexity index is 248. The van der Waals surface area contributed by atoms with E-state index in [-0.39, 0.29) is 6.61 Å². The van der Waals surface area contributed by atoms with Crippen molar-refractivity contribution in [1.82, 2.24) is 0 Å². The Labute approximate surface area is 93.5 Å². The summed E-state index contributed by atoms with van der Waals surface area (Å²) in [5.41, 5.74) is 1.21. The SMILES string of the molecule is OCCc1ccc(I)c(I)c1. The van der Waals surface area contributed by atoms with Gasteiger partial charge in [0.05, 0.1) is 0 Å². The van der Waals surface area contributed by atoms with Gasteiger partial charge in [-0.2, -0.15) is 0 Å². The van der Waals surface area contributed by atoms with E-state index < -0.39 is 0 Å². The molecule has 1 nitrogen and oxygen atoms in total. The molecular formula is C8H8I2O. The number of benzene rings is 1. The Kier molecular flexibility index (Phi) is 4.08.